The fourth-order valence-electron chi connectivity index (χ4n) is 1.57. The van der Waals surface area contributed by atoms with Crippen LogP contribution in [0.2, 0.25) is 0 Å². The number of nitrogens with one attached hydrogen (secondary N) is 1. The lowest BCUT2D eigenvalue weighted by Gasteiger charge is -2.20. The van der Waals surface area contributed by atoms with E-state index in [9.17, 15) is 13.2 Å². The monoisotopic (exact) mass is 305 g/mol. The molecule has 21 heavy (non-hydrogen) atoms. The molecule has 1 aromatic heterocycles. The molecule has 1 rings (SSSR count). The van der Waals surface area contributed by atoms with Gasteiger partial charge in [0.05, 0.1) is 11.9 Å². The third-order valence-electron chi connectivity index (χ3n) is 2.85. The SMILES string of the molecule is CCCNCc1nc(C(C)C)ncc1OC(C)C(F)(F)F. The van der Waals surface area contributed by atoms with Crippen LogP contribution in [-0.4, -0.2) is 28.8 Å². The van der Waals surface area contributed by atoms with Gasteiger partial charge >= 0.3 is 6.18 Å². The zero-order valence-corrected chi connectivity index (χ0v) is 12.8. The number of aromatic nitrogens is 2. The van der Waals surface area contributed by atoms with Gasteiger partial charge in [-0.1, -0.05) is 20.8 Å². The van der Waals surface area contributed by atoms with Gasteiger partial charge in [-0.3, -0.25) is 0 Å². The standard InChI is InChI=1S/C14H22F3N3O/c1-5-6-18-7-11-12(21-10(4)14(15,16)17)8-19-13(20-11)9(2)3/h8-10,18H,5-7H2,1-4H3. The van der Waals surface area contributed by atoms with Gasteiger partial charge in [-0.25, -0.2) is 9.97 Å². The first kappa shape index (κ1) is 17.7. The molecule has 1 atom stereocenters. The molecule has 0 bridgehead atoms. The number of nitrogens with zero attached hydrogens (tertiary/aromatic N) is 2. The highest BCUT2D eigenvalue weighted by atomic mass is 19.4. The number of hydrogen-bond donors (Lipinski definition) is 1. The summed E-state index contributed by atoms with van der Waals surface area (Å²) in [5.74, 6) is 0.771. The predicted molar refractivity (Wildman–Crippen MR) is 74.3 cm³/mol. The van der Waals surface area contributed by atoms with E-state index in [1.165, 1.54) is 6.20 Å². The molecule has 7 heteroatoms. The summed E-state index contributed by atoms with van der Waals surface area (Å²) >= 11 is 0. The lowest BCUT2D eigenvalue weighted by Crippen LogP contribution is -2.32. The topological polar surface area (TPSA) is 47.0 Å². The van der Waals surface area contributed by atoms with Crippen molar-refractivity contribution in [2.24, 2.45) is 0 Å². The molecule has 1 N–H and O–H groups in total. The molecule has 0 radical (unpaired) electrons. The lowest BCUT2D eigenvalue weighted by atomic mass is 10.2. The Morgan fingerprint density at radius 3 is 2.48 bits per heavy atom. The minimum Gasteiger partial charge on any atom is -0.478 e. The summed E-state index contributed by atoms with van der Waals surface area (Å²) in [6.07, 6.45) is -4.05. The first-order valence-corrected chi connectivity index (χ1v) is 7.05. The van der Waals surface area contributed by atoms with Gasteiger partial charge in [0.2, 0.25) is 0 Å². The van der Waals surface area contributed by atoms with Gasteiger partial charge in [-0.2, -0.15) is 13.2 Å². The second kappa shape index (κ2) is 7.59. The van der Waals surface area contributed by atoms with Crippen LogP contribution in [0.4, 0.5) is 13.2 Å². The summed E-state index contributed by atoms with van der Waals surface area (Å²) in [6.45, 7) is 7.95. The van der Waals surface area contributed by atoms with Gasteiger partial charge in [0.1, 0.15) is 5.82 Å². The molecular formula is C14H22F3N3O. The smallest absolute Gasteiger partial charge is 0.425 e. The summed E-state index contributed by atoms with van der Waals surface area (Å²) < 4.78 is 42.8. The summed E-state index contributed by atoms with van der Waals surface area (Å²) in [6, 6.07) is 0. The van der Waals surface area contributed by atoms with Crippen LogP contribution >= 0.6 is 0 Å². The first-order valence-electron chi connectivity index (χ1n) is 7.05. The highest BCUT2D eigenvalue weighted by Gasteiger charge is 2.38. The van der Waals surface area contributed by atoms with E-state index >= 15 is 0 Å². The molecule has 0 aliphatic heterocycles. The van der Waals surface area contributed by atoms with E-state index in [2.05, 4.69) is 15.3 Å². The molecule has 120 valence electrons. The van der Waals surface area contributed by atoms with Crippen LogP contribution in [0.3, 0.4) is 0 Å². The summed E-state index contributed by atoms with van der Waals surface area (Å²) in [7, 11) is 0. The Kier molecular flexibility index (Phi) is 6.39. The molecule has 0 saturated heterocycles. The summed E-state index contributed by atoms with van der Waals surface area (Å²) in [4.78, 5) is 8.38. The molecule has 1 unspecified atom stereocenters. The van der Waals surface area contributed by atoms with Crippen LogP contribution in [0.1, 0.15) is 51.6 Å². The molecule has 0 aliphatic rings. The van der Waals surface area contributed by atoms with Gasteiger partial charge in [-0.05, 0) is 19.9 Å². The number of rotatable bonds is 7. The Morgan fingerprint density at radius 1 is 1.29 bits per heavy atom. The van der Waals surface area contributed by atoms with Crippen molar-refractivity contribution in [3.05, 3.63) is 17.7 Å². The molecule has 0 aliphatic carbocycles. The van der Waals surface area contributed by atoms with Crippen LogP contribution in [0.5, 0.6) is 5.75 Å². The Balaban J connectivity index is 2.95. The van der Waals surface area contributed by atoms with E-state index in [0.717, 1.165) is 19.9 Å². The number of halogens is 3. The van der Waals surface area contributed by atoms with Crippen molar-refractivity contribution < 1.29 is 17.9 Å². The van der Waals surface area contributed by atoms with E-state index in [-0.39, 0.29) is 11.7 Å². The van der Waals surface area contributed by atoms with Crippen molar-refractivity contribution in [1.29, 1.82) is 0 Å². The Bertz CT molecular complexity index is 450. The second-order valence-electron chi connectivity index (χ2n) is 5.17. The van der Waals surface area contributed by atoms with Gasteiger partial charge in [-0.15, -0.1) is 0 Å². The van der Waals surface area contributed by atoms with E-state index in [1.807, 2.05) is 20.8 Å². The molecule has 1 heterocycles. The van der Waals surface area contributed by atoms with Crippen LogP contribution in [0, 0.1) is 0 Å². The molecule has 0 fully saturated rings. The van der Waals surface area contributed by atoms with E-state index in [4.69, 9.17) is 4.74 Å². The number of alkyl halides is 3. The van der Waals surface area contributed by atoms with Crippen molar-refractivity contribution in [3.63, 3.8) is 0 Å². The van der Waals surface area contributed by atoms with E-state index < -0.39 is 12.3 Å². The zero-order chi connectivity index (χ0) is 16.0. The zero-order valence-electron chi connectivity index (χ0n) is 12.8. The fourth-order valence-corrected chi connectivity index (χ4v) is 1.57. The van der Waals surface area contributed by atoms with Crippen molar-refractivity contribution >= 4 is 0 Å². The van der Waals surface area contributed by atoms with Crippen LogP contribution in [-0.2, 0) is 6.54 Å². The predicted octanol–water partition coefficient (Wildman–Crippen LogP) is 3.43. The highest BCUT2D eigenvalue weighted by molar-refractivity contribution is 5.25. The van der Waals surface area contributed by atoms with Gasteiger partial charge in [0, 0.05) is 12.5 Å². The van der Waals surface area contributed by atoms with Gasteiger partial charge < -0.3 is 10.1 Å². The average Bonchev–Trinajstić information content (AvgIpc) is 2.39. The Labute approximate surface area is 123 Å². The van der Waals surface area contributed by atoms with Crippen molar-refractivity contribution in [2.45, 2.75) is 58.9 Å². The second-order valence-corrected chi connectivity index (χ2v) is 5.17. The fraction of sp³-hybridized carbons (Fsp3) is 0.714. The van der Waals surface area contributed by atoms with Crippen LogP contribution in [0.25, 0.3) is 0 Å². The molecule has 4 nitrogen and oxygen atoms in total. The largest absolute Gasteiger partial charge is 0.478 e. The quantitative estimate of drug-likeness (QED) is 0.784. The maximum absolute atomic E-state index is 12.6. The molecule has 0 saturated carbocycles. The molecule has 0 spiro atoms. The Hall–Kier alpha value is -1.37. The molecule has 0 amide bonds. The molecule has 0 aromatic carbocycles. The molecular weight excluding hydrogens is 283 g/mol. The van der Waals surface area contributed by atoms with Crippen LogP contribution < -0.4 is 10.1 Å². The third kappa shape index (κ3) is 5.49. The first-order chi connectivity index (χ1) is 9.75. The van der Waals surface area contributed by atoms with E-state index in [0.29, 0.717) is 18.1 Å². The minimum absolute atomic E-state index is 0.0767. The van der Waals surface area contributed by atoms with Gasteiger partial charge in [0.25, 0.3) is 0 Å². The van der Waals surface area contributed by atoms with Crippen molar-refractivity contribution in [1.82, 2.24) is 15.3 Å². The minimum atomic E-state index is -4.41. The van der Waals surface area contributed by atoms with Crippen LogP contribution in [0.15, 0.2) is 6.20 Å². The number of hydrogen-bond acceptors (Lipinski definition) is 4. The summed E-state index contributed by atoms with van der Waals surface area (Å²) in [5, 5.41) is 3.12. The van der Waals surface area contributed by atoms with Crippen molar-refractivity contribution in [2.75, 3.05) is 6.54 Å². The maximum atomic E-state index is 12.6. The normalized spacial score (nSPS) is 13.5. The lowest BCUT2D eigenvalue weighted by molar-refractivity contribution is -0.189. The Morgan fingerprint density at radius 2 is 1.95 bits per heavy atom. The van der Waals surface area contributed by atoms with Gasteiger partial charge in [0.15, 0.2) is 11.9 Å². The third-order valence-corrected chi connectivity index (χ3v) is 2.85. The summed E-state index contributed by atoms with van der Waals surface area (Å²) in [5.41, 5.74) is 0.457. The average molecular weight is 305 g/mol. The highest BCUT2D eigenvalue weighted by Crippen LogP contribution is 2.26. The maximum Gasteiger partial charge on any atom is 0.425 e. The van der Waals surface area contributed by atoms with Crippen molar-refractivity contribution in [3.8, 4) is 5.75 Å². The number of ether oxygens (including phenoxy) is 1. The van der Waals surface area contributed by atoms with E-state index in [1.54, 1.807) is 0 Å². The molecule has 1 aromatic rings.